The first-order chi connectivity index (χ1) is 14.0. The fourth-order valence-electron chi connectivity index (χ4n) is 4.34. The largest absolute Gasteiger partial charge is 0.390 e. The normalized spacial score (nSPS) is 17.4. The first-order valence-electron chi connectivity index (χ1n) is 10.3. The highest BCUT2D eigenvalue weighted by Gasteiger charge is 2.27. The molecule has 5 heteroatoms. The van der Waals surface area contributed by atoms with Crippen LogP contribution in [0.2, 0.25) is 0 Å². The number of aliphatic hydroxyl groups excluding tert-OH is 1. The Balaban J connectivity index is 1.37. The van der Waals surface area contributed by atoms with Gasteiger partial charge in [-0.05, 0) is 48.6 Å². The molecule has 0 bridgehead atoms. The third-order valence-electron chi connectivity index (χ3n) is 5.75. The van der Waals surface area contributed by atoms with Crippen molar-refractivity contribution >= 4 is 11.6 Å². The molecule has 0 saturated carbocycles. The zero-order valence-electron chi connectivity index (χ0n) is 17.0. The maximum atomic E-state index is 13.0. The Morgan fingerprint density at radius 3 is 2.66 bits per heavy atom. The molecule has 2 aromatic rings. The fourth-order valence-corrected chi connectivity index (χ4v) is 4.34. The Labute approximate surface area is 172 Å². The van der Waals surface area contributed by atoms with Crippen LogP contribution in [-0.4, -0.2) is 53.1 Å². The highest BCUT2D eigenvalue weighted by atomic mass is 16.3. The van der Waals surface area contributed by atoms with Crippen molar-refractivity contribution in [2.24, 2.45) is 0 Å². The summed E-state index contributed by atoms with van der Waals surface area (Å²) in [6, 6.07) is 14.4. The Kier molecular flexibility index (Phi) is 5.69. The first kappa shape index (κ1) is 19.7. The zero-order chi connectivity index (χ0) is 20.4. The number of benzene rings is 2. The molecule has 2 aliphatic rings. The van der Waals surface area contributed by atoms with Gasteiger partial charge in [-0.3, -0.25) is 9.69 Å². The van der Waals surface area contributed by atoms with E-state index in [2.05, 4.69) is 41.1 Å². The Bertz CT molecular complexity index is 924. The molecule has 2 aliphatic heterocycles. The van der Waals surface area contributed by atoms with Crippen LogP contribution in [0.4, 0.5) is 5.69 Å². The number of rotatable bonds is 6. The molecule has 0 fully saturated rings. The molecule has 0 aromatic heterocycles. The van der Waals surface area contributed by atoms with Gasteiger partial charge >= 0.3 is 0 Å². The van der Waals surface area contributed by atoms with Gasteiger partial charge in [-0.1, -0.05) is 36.9 Å². The lowest BCUT2D eigenvalue weighted by molar-refractivity contribution is 0.0493. The number of carbonyl (C=O) groups excluding carboxylic acids is 1. The maximum absolute atomic E-state index is 13.0. The molecule has 2 aromatic carbocycles. The van der Waals surface area contributed by atoms with Gasteiger partial charge in [0.2, 0.25) is 0 Å². The summed E-state index contributed by atoms with van der Waals surface area (Å²) in [7, 11) is 0. The van der Waals surface area contributed by atoms with Crippen LogP contribution in [-0.2, 0) is 19.4 Å². The lowest BCUT2D eigenvalue weighted by Gasteiger charge is -2.34. The van der Waals surface area contributed by atoms with Crippen LogP contribution >= 0.6 is 0 Å². The number of hydrogen-bond donors (Lipinski definition) is 2. The van der Waals surface area contributed by atoms with Crippen molar-refractivity contribution in [3.8, 4) is 0 Å². The highest BCUT2D eigenvalue weighted by molar-refractivity contribution is 5.97. The van der Waals surface area contributed by atoms with Crippen LogP contribution in [0.5, 0.6) is 0 Å². The number of amides is 1. The standard InChI is InChI=1S/C24H29N3O2/c1-17(2)25-21-8-7-19-10-12-27(24(29)23(19)13-21)16-22(28)15-26-11-9-18-5-3-4-6-20(18)14-26/h3-8,13,22,25,28H,1,9-12,14-16H2,2H3. The number of β-amino-alcohol motifs (C(OH)–C–C–N with tert-alkyl or cyclic N) is 1. The molecule has 4 rings (SSSR count). The van der Waals surface area contributed by atoms with E-state index in [-0.39, 0.29) is 5.91 Å². The molecule has 1 atom stereocenters. The molecule has 2 heterocycles. The lowest BCUT2D eigenvalue weighted by Crippen LogP contribution is -2.46. The molecule has 0 saturated heterocycles. The second-order valence-corrected chi connectivity index (χ2v) is 8.19. The van der Waals surface area contributed by atoms with Gasteiger partial charge in [0, 0.05) is 49.7 Å². The van der Waals surface area contributed by atoms with Crippen molar-refractivity contribution in [2.75, 3.05) is 31.5 Å². The molecule has 1 amide bonds. The van der Waals surface area contributed by atoms with Crippen molar-refractivity contribution < 1.29 is 9.90 Å². The van der Waals surface area contributed by atoms with Crippen LogP contribution in [0, 0.1) is 0 Å². The summed E-state index contributed by atoms with van der Waals surface area (Å²) in [6.45, 7) is 9.17. The van der Waals surface area contributed by atoms with Gasteiger partial charge < -0.3 is 15.3 Å². The number of carbonyl (C=O) groups is 1. The lowest BCUT2D eigenvalue weighted by atomic mass is 9.97. The summed E-state index contributed by atoms with van der Waals surface area (Å²) >= 11 is 0. The van der Waals surface area contributed by atoms with Crippen LogP contribution in [0.15, 0.2) is 54.7 Å². The highest BCUT2D eigenvalue weighted by Crippen LogP contribution is 2.24. The van der Waals surface area contributed by atoms with Gasteiger partial charge in [-0.25, -0.2) is 0 Å². The third kappa shape index (κ3) is 4.52. The molecule has 0 radical (unpaired) electrons. The molecule has 0 aliphatic carbocycles. The molecule has 152 valence electrons. The molecular weight excluding hydrogens is 362 g/mol. The van der Waals surface area contributed by atoms with E-state index in [4.69, 9.17) is 0 Å². The predicted molar refractivity (Wildman–Crippen MR) is 116 cm³/mol. The average Bonchev–Trinajstić information content (AvgIpc) is 2.70. The zero-order valence-corrected chi connectivity index (χ0v) is 17.0. The van der Waals surface area contributed by atoms with E-state index in [1.807, 2.05) is 25.1 Å². The topological polar surface area (TPSA) is 55.8 Å². The summed E-state index contributed by atoms with van der Waals surface area (Å²) in [4.78, 5) is 17.1. The number of aliphatic hydroxyl groups is 1. The van der Waals surface area contributed by atoms with E-state index < -0.39 is 6.10 Å². The summed E-state index contributed by atoms with van der Waals surface area (Å²) in [6.07, 6.45) is 1.28. The van der Waals surface area contributed by atoms with Crippen LogP contribution in [0.1, 0.15) is 34.0 Å². The van der Waals surface area contributed by atoms with Crippen LogP contribution in [0.3, 0.4) is 0 Å². The summed E-state index contributed by atoms with van der Waals surface area (Å²) < 4.78 is 0. The monoisotopic (exact) mass is 391 g/mol. The van der Waals surface area contributed by atoms with E-state index in [0.717, 1.165) is 48.4 Å². The van der Waals surface area contributed by atoms with Crippen LogP contribution in [0.25, 0.3) is 0 Å². The quantitative estimate of drug-likeness (QED) is 0.795. The van der Waals surface area contributed by atoms with Gasteiger partial charge in [-0.2, -0.15) is 0 Å². The minimum absolute atomic E-state index is 0.000319. The predicted octanol–water partition coefficient (Wildman–Crippen LogP) is 3.05. The molecule has 2 N–H and O–H groups in total. The fraction of sp³-hybridized carbons (Fsp3) is 0.375. The summed E-state index contributed by atoms with van der Waals surface area (Å²) in [5.41, 5.74) is 6.25. The van der Waals surface area contributed by atoms with E-state index in [0.29, 0.717) is 19.6 Å². The molecular formula is C24H29N3O2. The number of nitrogens with zero attached hydrogens (tertiary/aromatic N) is 2. The number of fused-ring (bicyclic) bond motifs is 2. The van der Waals surface area contributed by atoms with Crippen LogP contribution < -0.4 is 5.32 Å². The Morgan fingerprint density at radius 2 is 1.86 bits per heavy atom. The maximum Gasteiger partial charge on any atom is 0.254 e. The molecule has 1 unspecified atom stereocenters. The van der Waals surface area contributed by atoms with E-state index >= 15 is 0 Å². The second-order valence-electron chi connectivity index (χ2n) is 8.19. The smallest absolute Gasteiger partial charge is 0.254 e. The Hall–Kier alpha value is -2.63. The van der Waals surface area contributed by atoms with E-state index in [1.54, 1.807) is 4.90 Å². The first-order valence-corrected chi connectivity index (χ1v) is 10.3. The average molecular weight is 392 g/mol. The molecule has 29 heavy (non-hydrogen) atoms. The van der Waals surface area contributed by atoms with Gasteiger partial charge in [-0.15, -0.1) is 0 Å². The number of allylic oxidation sites excluding steroid dienone is 1. The third-order valence-corrected chi connectivity index (χ3v) is 5.75. The van der Waals surface area contributed by atoms with Crippen molar-refractivity contribution in [2.45, 2.75) is 32.4 Å². The number of anilines is 1. The van der Waals surface area contributed by atoms with Crippen molar-refractivity contribution in [1.82, 2.24) is 9.80 Å². The van der Waals surface area contributed by atoms with Gasteiger partial charge in [0.05, 0.1) is 6.10 Å². The molecule has 5 nitrogen and oxygen atoms in total. The second kappa shape index (κ2) is 8.39. The SMILES string of the molecule is C=C(C)Nc1ccc2c(c1)C(=O)N(CC(O)CN1CCc3ccccc3C1)CC2. The van der Waals surface area contributed by atoms with Crippen molar-refractivity contribution in [1.29, 1.82) is 0 Å². The number of nitrogens with one attached hydrogen (secondary N) is 1. The van der Waals surface area contributed by atoms with Crippen molar-refractivity contribution in [3.05, 3.63) is 77.0 Å². The van der Waals surface area contributed by atoms with Gasteiger partial charge in [0.1, 0.15) is 0 Å². The van der Waals surface area contributed by atoms with Crippen molar-refractivity contribution in [3.63, 3.8) is 0 Å². The Morgan fingerprint density at radius 1 is 1.10 bits per heavy atom. The summed E-state index contributed by atoms with van der Waals surface area (Å²) in [5.74, 6) is -0.000319. The number of hydrogen-bond acceptors (Lipinski definition) is 4. The molecule has 0 spiro atoms. The van der Waals surface area contributed by atoms with Gasteiger partial charge in [0.25, 0.3) is 5.91 Å². The summed E-state index contributed by atoms with van der Waals surface area (Å²) in [5, 5.41) is 13.9. The van der Waals surface area contributed by atoms with E-state index in [9.17, 15) is 9.90 Å². The van der Waals surface area contributed by atoms with E-state index in [1.165, 1.54) is 11.1 Å². The minimum atomic E-state index is -0.553. The van der Waals surface area contributed by atoms with Gasteiger partial charge in [0.15, 0.2) is 0 Å². The minimum Gasteiger partial charge on any atom is -0.390 e.